The third kappa shape index (κ3) is 2.89. The van der Waals surface area contributed by atoms with Crippen molar-refractivity contribution >= 4 is 54.6 Å². The quantitative estimate of drug-likeness (QED) is 0.448. The average Bonchev–Trinajstić information content (AvgIpc) is 2.82. The lowest BCUT2D eigenvalue weighted by Gasteiger charge is -2.04. The van der Waals surface area contributed by atoms with Crippen LogP contribution in [0.4, 0.5) is 0 Å². The Morgan fingerprint density at radius 3 is 2.52 bits per heavy atom. The van der Waals surface area contributed by atoms with E-state index in [1.165, 1.54) is 5.56 Å². The van der Waals surface area contributed by atoms with Crippen LogP contribution in [0.2, 0.25) is 5.02 Å². The molecule has 0 saturated heterocycles. The number of hydrogen-bond acceptors (Lipinski definition) is 2. The second kappa shape index (κ2) is 5.75. The van der Waals surface area contributed by atoms with Crippen molar-refractivity contribution in [1.29, 1.82) is 0 Å². The first kappa shape index (κ1) is 15.1. The highest BCUT2D eigenvalue weighted by Gasteiger charge is 2.15. The highest BCUT2D eigenvalue weighted by atomic mass is 79.9. The summed E-state index contributed by atoms with van der Waals surface area (Å²) in [5.74, 6) is 1.02. The highest BCUT2D eigenvalue weighted by molar-refractivity contribution is 9.11. The molecule has 0 aliphatic heterocycles. The lowest BCUT2D eigenvalue weighted by atomic mass is 10.0. The summed E-state index contributed by atoms with van der Waals surface area (Å²) in [4.78, 5) is 4.61. The molecular weight excluding hydrogens is 417 g/mol. The molecule has 2 aromatic carbocycles. The van der Waals surface area contributed by atoms with E-state index in [1.54, 1.807) is 0 Å². The largest absolute Gasteiger partial charge is 0.435 e. The predicted octanol–water partition coefficient (Wildman–Crippen LogP) is 6.80. The zero-order chi connectivity index (χ0) is 15.1. The molecule has 2 nitrogen and oxygen atoms in total. The zero-order valence-electron chi connectivity index (χ0n) is 11.5. The van der Waals surface area contributed by atoms with E-state index in [1.807, 2.05) is 18.2 Å². The van der Waals surface area contributed by atoms with E-state index in [0.29, 0.717) is 16.8 Å². The third-order valence-electron chi connectivity index (χ3n) is 3.30. The molecule has 0 bridgehead atoms. The molecule has 1 aromatic heterocycles. The van der Waals surface area contributed by atoms with Gasteiger partial charge in [0.2, 0.25) is 5.89 Å². The Morgan fingerprint density at radius 1 is 1.10 bits per heavy atom. The van der Waals surface area contributed by atoms with Crippen LogP contribution >= 0.6 is 43.5 Å². The lowest BCUT2D eigenvalue weighted by Crippen LogP contribution is -1.87. The van der Waals surface area contributed by atoms with Crippen LogP contribution in [0.5, 0.6) is 0 Å². The Hall–Kier alpha value is -0.840. The molecule has 0 aliphatic rings. The number of aromatic nitrogens is 1. The SMILES string of the molecule is CC(C)c1cc(Br)c2oc(-c3ccc(Cl)cc3Br)nc2c1. The number of nitrogens with zero attached hydrogens (tertiary/aromatic N) is 1. The minimum absolute atomic E-state index is 0.438. The monoisotopic (exact) mass is 427 g/mol. The van der Waals surface area contributed by atoms with E-state index < -0.39 is 0 Å². The van der Waals surface area contributed by atoms with Gasteiger partial charge in [-0.2, -0.15) is 0 Å². The molecule has 3 rings (SSSR count). The molecule has 0 N–H and O–H groups in total. The Balaban J connectivity index is 2.19. The second-order valence-electron chi connectivity index (χ2n) is 5.15. The summed E-state index contributed by atoms with van der Waals surface area (Å²) in [6.45, 7) is 4.31. The molecule has 0 saturated carbocycles. The molecule has 0 aliphatic carbocycles. The van der Waals surface area contributed by atoms with Crippen LogP contribution in [0.15, 0.2) is 43.7 Å². The first-order valence-electron chi connectivity index (χ1n) is 6.51. The van der Waals surface area contributed by atoms with E-state index in [9.17, 15) is 0 Å². The van der Waals surface area contributed by atoms with Crippen molar-refractivity contribution in [3.8, 4) is 11.5 Å². The number of fused-ring (bicyclic) bond motifs is 1. The molecule has 1 heterocycles. The number of rotatable bonds is 2. The van der Waals surface area contributed by atoms with Crippen LogP contribution in [0.1, 0.15) is 25.3 Å². The van der Waals surface area contributed by atoms with E-state index in [4.69, 9.17) is 16.0 Å². The zero-order valence-corrected chi connectivity index (χ0v) is 15.4. The molecule has 108 valence electrons. The standard InChI is InChI=1S/C16H12Br2ClNO/c1-8(2)9-5-13(18)15-14(6-9)20-16(21-15)11-4-3-10(19)7-12(11)17/h3-8H,1-2H3. The van der Waals surface area contributed by atoms with Crippen LogP contribution in [-0.4, -0.2) is 4.98 Å². The first-order valence-corrected chi connectivity index (χ1v) is 8.47. The van der Waals surface area contributed by atoms with Gasteiger partial charge < -0.3 is 4.42 Å². The summed E-state index contributed by atoms with van der Waals surface area (Å²) < 4.78 is 7.70. The molecule has 0 unspecified atom stereocenters. The fourth-order valence-corrected chi connectivity index (χ4v) is 3.52. The van der Waals surface area contributed by atoms with Crippen LogP contribution in [-0.2, 0) is 0 Å². The van der Waals surface area contributed by atoms with Gasteiger partial charge in [0.15, 0.2) is 5.58 Å². The van der Waals surface area contributed by atoms with Crippen molar-refractivity contribution < 1.29 is 4.42 Å². The summed E-state index contributed by atoms with van der Waals surface area (Å²) in [5.41, 5.74) is 3.72. The minimum atomic E-state index is 0.438. The maximum absolute atomic E-state index is 5.98. The van der Waals surface area contributed by atoms with E-state index in [0.717, 1.165) is 25.6 Å². The summed E-state index contributed by atoms with van der Waals surface area (Å²) in [6.07, 6.45) is 0. The van der Waals surface area contributed by atoms with Gasteiger partial charge in [-0.15, -0.1) is 0 Å². The van der Waals surface area contributed by atoms with E-state index in [2.05, 4.69) is 62.8 Å². The third-order valence-corrected chi connectivity index (χ3v) is 4.78. The fourth-order valence-electron chi connectivity index (χ4n) is 2.12. The van der Waals surface area contributed by atoms with E-state index >= 15 is 0 Å². The van der Waals surface area contributed by atoms with Gasteiger partial charge in [-0.3, -0.25) is 0 Å². The van der Waals surface area contributed by atoms with Crippen LogP contribution in [0, 0.1) is 0 Å². The summed E-state index contributed by atoms with van der Waals surface area (Å²) in [7, 11) is 0. The Kier molecular flexibility index (Phi) is 4.12. The summed E-state index contributed by atoms with van der Waals surface area (Å²) in [5, 5.41) is 0.671. The number of halogens is 3. The molecular formula is C16H12Br2ClNO. The summed E-state index contributed by atoms with van der Waals surface area (Å²) in [6, 6.07) is 9.71. The molecule has 0 atom stereocenters. The van der Waals surface area contributed by atoms with Crippen molar-refractivity contribution in [1.82, 2.24) is 4.98 Å². The van der Waals surface area contributed by atoms with Crippen molar-refractivity contribution in [3.63, 3.8) is 0 Å². The molecule has 0 radical (unpaired) electrons. The van der Waals surface area contributed by atoms with Gasteiger partial charge in [0.1, 0.15) is 5.52 Å². The smallest absolute Gasteiger partial charge is 0.228 e. The maximum atomic E-state index is 5.98. The average molecular weight is 430 g/mol. The molecule has 0 amide bonds. The van der Waals surface area contributed by atoms with Crippen molar-refractivity contribution in [2.45, 2.75) is 19.8 Å². The molecule has 21 heavy (non-hydrogen) atoms. The normalized spacial score (nSPS) is 11.5. The van der Waals surface area contributed by atoms with Crippen LogP contribution < -0.4 is 0 Å². The van der Waals surface area contributed by atoms with Crippen LogP contribution in [0.3, 0.4) is 0 Å². The molecule has 0 fully saturated rings. The van der Waals surface area contributed by atoms with Gasteiger partial charge in [0.25, 0.3) is 0 Å². The molecule has 0 spiro atoms. The van der Waals surface area contributed by atoms with Crippen LogP contribution in [0.25, 0.3) is 22.6 Å². The van der Waals surface area contributed by atoms with Gasteiger partial charge in [0, 0.05) is 9.50 Å². The van der Waals surface area contributed by atoms with Crippen molar-refractivity contribution in [2.24, 2.45) is 0 Å². The Morgan fingerprint density at radius 2 is 1.86 bits per heavy atom. The lowest BCUT2D eigenvalue weighted by molar-refractivity contribution is 0.617. The van der Waals surface area contributed by atoms with Gasteiger partial charge in [-0.25, -0.2) is 4.98 Å². The predicted molar refractivity (Wildman–Crippen MR) is 93.9 cm³/mol. The fraction of sp³-hybridized carbons (Fsp3) is 0.188. The van der Waals surface area contributed by atoms with Gasteiger partial charge in [0.05, 0.1) is 10.0 Å². The second-order valence-corrected chi connectivity index (χ2v) is 7.29. The summed E-state index contributed by atoms with van der Waals surface area (Å²) >= 11 is 13.0. The highest BCUT2D eigenvalue weighted by Crippen LogP contribution is 2.35. The van der Waals surface area contributed by atoms with Crippen molar-refractivity contribution in [2.75, 3.05) is 0 Å². The first-order chi connectivity index (χ1) is 9.95. The maximum Gasteiger partial charge on any atom is 0.228 e. The number of oxazole rings is 1. The van der Waals surface area contributed by atoms with Gasteiger partial charge in [-0.05, 0) is 73.7 Å². The molecule has 3 aromatic rings. The Labute approximate surface area is 144 Å². The van der Waals surface area contributed by atoms with Gasteiger partial charge >= 0.3 is 0 Å². The minimum Gasteiger partial charge on any atom is -0.435 e. The number of benzene rings is 2. The Bertz CT molecular complexity index is 827. The van der Waals surface area contributed by atoms with E-state index in [-0.39, 0.29) is 0 Å². The topological polar surface area (TPSA) is 26.0 Å². The van der Waals surface area contributed by atoms with Crippen molar-refractivity contribution in [3.05, 3.63) is 49.9 Å². The van der Waals surface area contributed by atoms with Gasteiger partial charge in [-0.1, -0.05) is 25.4 Å². The number of hydrogen-bond donors (Lipinski definition) is 0. The molecule has 5 heteroatoms.